The number of fused-ring (bicyclic) bond motifs is 1. The van der Waals surface area contributed by atoms with Crippen molar-refractivity contribution >= 4 is 34.1 Å². The summed E-state index contributed by atoms with van der Waals surface area (Å²) in [6.45, 7) is 1.77. The molecule has 40 heavy (non-hydrogen) atoms. The smallest absolute Gasteiger partial charge is 0.237 e. The fourth-order valence-electron chi connectivity index (χ4n) is 4.01. The van der Waals surface area contributed by atoms with E-state index in [-0.39, 0.29) is 12.2 Å². The van der Waals surface area contributed by atoms with Gasteiger partial charge in [-0.3, -0.25) is 14.6 Å². The van der Waals surface area contributed by atoms with Gasteiger partial charge in [-0.2, -0.15) is 0 Å². The number of halogens is 3. The summed E-state index contributed by atoms with van der Waals surface area (Å²) < 4.78 is 59.5. The van der Waals surface area contributed by atoms with E-state index in [2.05, 4.69) is 15.6 Å². The van der Waals surface area contributed by atoms with E-state index >= 15 is 8.78 Å². The molecule has 11 heteroatoms. The van der Waals surface area contributed by atoms with E-state index < -0.39 is 46.6 Å². The Kier molecular flexibility index (Phi) is 8.73. The second kappa shape index (κ2) is 12.4. The SMILES string of the molecule is CCCC(C(=O)Nc1ccc(F)cc1)C(=O)Nc1cc(F)c(Oc2ccnc3cc(OC)c(OC)cc23)cc1F. The number of nitrogens with one attached hydrogen (secondary N) is 2. The highest BCUT2D eigenvalue weighted by atomic mass is 19.1. The van der Waals surface area contributed by atoms with Crippen molar-refractivity contribution in [3.05, 3.63) is 78.2 Å². The molecule has 0 aliphatic heterocycles. The predicted molar refractivity (Wildman–Crippen MR) is 143 cm³/mol. The second-order valence-corrected chi connectivity index (χ2v) is 8.72. The van der Waals surface area contributed by atoms with Gasteiger partial charge in [-0.05, 0) is 42.8 Å². The number of amides is 2. The van der Waals surface area contributed by atoms with Crippen LogP contribution in [0.1, 0.15) is 19.8 Å². The highest BCUT2D eigenvalue weighted by Crippen LogP contribution is 2.38. The van der Waals surface area contributed by atoms with Gasteiger partial charge < -0.3 is 24.8 Å². The van der Waals surface area contributed by atoms with Gasteiger partial charge in [0.05, 0.1) is 25.4 Å². The number of aromatic nitrogens is 1. The Morgan fingerprint density at radius 2 is 1.50 bits per heavy atom. The number of hydrogen-bond acceptors (Lipinski definition) is 6. The highest BCUT2D eigenvalue weighted by Gasteiger charge is 2.27. The topological polar surface area (TPSA) is 98.8 Å². The summed E-state index contributed by atoms with van der Waals surface area (Å²) in [6, 6.07) is 11.3. The Morgan fingerprint density at radius 3 is 2.17 bits per heavy atom. The van der Waals surface area contributed by atoms with Crippen LogP contribution >= 0.6 is 0 Å². The van der Waals surface area contributed by atoms with Gasteiger partial charge in [0, 0.05) is 35.5 Å². The molecule has 2 amide bonds. The Morgan fingerprint density at radius 1 is 0.825 bits per heavy atom. The minimum absolute atomic E-state index is 0.146. The normalized spacial score (nSPS) is 11.6. The fraction of sp³-hybridized carbons (Fsp3) is 0.207. The molecule has 0 saturated carbocycles. The van der Waals surface area contributed by atoms with E-state index in [9.17, 15) is 14.0 Å². The summed E-state index contributed by atoms with van der Waals surface area (Å²) in [4.78, 5) is 29.9. The molecule has 0 spiro atoms. The molecule has 4 rings (SSSR count). The highest BCUT2D eigenvalue weighted by molar-refractivity contribution is 6.10. The van der Waals surface area contributed by atoms with Crippen molar-refractivity contribution in [2.45, 2.75) is 19.8 Å². The number of carbonyl (C=O) groups excluding carboxylic acids is 2. The predicted octanol–water partition coefficient (Wildman–Crippen LogP) is 6.46. The summed E-state index contributed by atoms with van der Waals surface area (Å²) in [5.74, 6) is -4.53. The summed E-state index contributed by atoms with van der Waals surface area (Å²) in [5.41, 5.74) is 0.302. The molecule has 0 aliphatic carbocycles. The number of methoxy groups -OCH3 is 2. The minimum atomic E-state index is -1.21. The average Bonchev–Trinajstić information content (AvgIpc) is 2.94. The van der Waals surface area contributed by atoms with Crippen LogP contribution in [0.4, 0.5) is 24.5 Å². The van der Waals surface area contributed by atoms with Crippen LogP contribution in [0, 0.1) is 23.4 Å². The molecule has 3 aromatic carbocycles. The summed E-state index contributed by atoms with van der Waals surface area (Å²) >= 11 is 0. The van der Waals surface area contributed by atoms with Crippen molar-refractivity contribution in [2.24, 2.45) is 5.92 Å². The van der Waals surface area contributed by atoms with Gasteiger partial charge in [0.25, 0.3) is 0 Å². The van der Waals surface area contributed by atoms with E-state index in [0.717, 1.165) is 24.3 Å². The van der Waals surface area contributed by atoms with Crippen molar-refractivity contribution in [1.82, 2.24) is 4.98 Å². The zero-order valence-corrected chi connectivity index (χ0v) is 21.9. The van der Waals surface area contributed by atoms with Gasteiger partial charge in [0.1, 0.15) is 17.5 Å². The van der Waals surface area contributed by atoms with Crippen molar-refractivity contribution < 1.29 is 37.0 Å². The fourth-order valence-corrected chi connectivity index (χ4v) is 4.01. The first-order valence-electron chi connectivity index (χ1n) is 12.3. The first kappa shape index (κ1) is 28.2. The molecular weight excluding hydrogens is 527 g/mol. The third-order valence-electron chi connectivity index (χ3n) is 6.03. The first-order valence-corrected chi connectivity index (χ1v) is 12.3. The first-order chi connectivity index (χ1) is 19.2. The van der Waals surface area contributed by atoms with E-state index in [1.165, 1.54) is 38.6 Å². The standard InChI is InChI=1S/C29H26F3N3O5/c1-4-5-18(28(36)34-17-8-6-16(30)7-9-17)29(37)35-23-13-21(32)25(14-20(23)31)40-24-10-11-33-22-15-27(39-3)26(38-2)12-19(22)24/h6-15,18H,4-5H2,1-3H3,(H,34,36)(H,35,37). The third-order valence-corrected chi connectivity index (χ3v) is 6.03. The van der Waals surface area contributed by atoms with Gasteiger partial charge in [-0.25, -0.2) is 13.2 Å². The maximum atomic E-state index is 15.0. The van der Waals surface area contributed by atoms with E-state index in [0.29, 0.717) is 34.5 Å². The van der Waals surface area contributed by atoms with Crippen molar-refractivity contribution in [2.75, 3.05) is 24.9 Å². The molecule has 1 heterocycles. The molecule has 0 radical (unpaired) electrons. The summed E-state index contributed by atoms with van der Waals surface area (Å²) in [7, 11) is 2.94. The Labute approximate surface area is 228 Å². The van der Waals surface area contributed by atoms with Crippen LogP contribution in [0.15, 0.2) is 60.8 Å². The Bertz CT molecular complexity index is 1550. The molecule has 0 saturated heterocycles. The van der Waals surface area contributed by atoms with E-state index in [1.807, 2.05) is 0 Å². The lowest BCUT2D eigenvalue weighted by Crippen LogP contribution is -2.34. The molecule has 2 N–H and O–H groups in total. The number of benzene rings is 3. The number of rotatable bonds is 10. The monoisotopic (exact) mass is 553 g/mol. The number of anilines is 2. The molecule has 8 nitrogen and oxygen atoms in total. The molecule has 1 unspecified atom stereocenters. The van der Waals surface area contributed by atoms with Crippen molar-refractivity contribution in [3.8, 4) is 23.0 Å². The molecule has 0 bridgehead atoms. The van der Waals surface area contributed by atoms with Crippen LogP contribution in [-0.4, -0.2) is 31.0 Å². The number of hydrogen-bond donors (Lipinski definition) is 2. The largest absolute Gasteiger partial charge is 0.493 e. The van der Waals surface area contributed by atoms with Crippen LogP contribution in [0.3, 0.4) is 0 Å². The van der Waals surface area contributed by atoms with Gasteiger partial charge >= 0.3 is 0 Å². The third kappa shape index (κ3) is 6.25. The summed E-state index contributed by atoms with van der Waals surface area (Å²) in [5, 5.41) is 5.29. The van der Waals surface area contributed by atoms with Crippen LogP contribution in [-0.2, 0) is 9.59 Å². The lowest BCUT2D eigenvalue weighted by Gasteiger charge is -2.17. The van der Waals surface area contributed by atoms with Gasteiger partial charge in [0.15, 0.2) is 28.9 Å². The Balaban J connectivity index is 1.54. The quantitative estimate of drug-likeness (QED) is 0.219. The maximum absolute atomic E-state index is 15.0. The number of nitrogens with zero attached hydrogens (tertiary/aromatic N) is 1. The average molecular weight is 554 g/mol. The van der Waals surface area contributed by atoms with Crippen LogP contribution in [0.2, 0.25) is 0 Å². The van der Waals surface area contributed by atoms with Crippen LogP contribution in [0.25, 0.3) is 10.9 Å². The van der Waals surface area contributed by atoms with Gasteiger partial charge in [-0.15, -0.1) is 0 Å². The molecular formula is C29H26F3N3O5. The number of carbonyl (C=O) groups is 2. The molecule has 4 aromatic rings. The number of ether oxygens (including phenoxy) is 3. The van der Waals surface area contributed by atoms with Crippen LogP contribution in [0.5, 0.6) is 23.0 Å². The molecule has 0 fully saturated rings. The molecule has 1 atom stereocenters. The molecule has 1 aromatic heterocycles. The van der Waals surface area contributed by atoms with Gasteiger partial charge in [0.2, 0.25) is 11.8 Å². The Hall–Kier alpha value is -4.80. The lowest BCUT2D eigenvalue weighted by atomic mass is 10.0. The van der Waals surface area contributed by atoms with Crippen molar-refractivity contribution in [1.29, 1.82) is 0 Å². The van der Waals surface area contributed by atoms with E-state index in [1.54, 1.807) is 19.1 Å². The van der Waals surface area contributed by atoms with E-state index in [4.69, 9.17) is 14.2 Å². The lowest BCUT2D eigenvalue weighted by molar-refractivity contribution is -0.129. The zero-order valence-electron chi connectivity index (χ0n) is 21.9. The second-order valence-electron chi connectivity index (χ2n) is 8.72. The minimum Gasteiger partial charge on any atom is -0.493 e. The van der Waals surface area contributed by atoms with Crippen LogP contribution < -0.4 is 24.8 Å². The number of pyridine rings is 1. The molecule has 0 aliphatic rings. The summed E-state index contributed by atoms with van der Waals surface area (Å²) in [6.07, 6.45) is 2.06. The van der Waals surface area contributed by atoms with Gasteiger partial charge in [-0.1, -0.05) is 13.3 Å². The zero-order chi connectivity index (χ0) is 28.8. The maximum Gasteiger partial charge on any atom is 0.237 e. The molecule has 208 valence electrons. The van der Waals surface area contributed by atoms with Crippen molar-refractivity contribution in [3.63, 3.8) is 0 Å².